The molecule has 0 aliphatic carbocycles. The van der Waals surface area contributed by atoms with Crippen LogP contribution in [0.3, 0.4) is 0 Å². The van der Waals surface area contributed by atoms with Gasteiger partial charge in [-0.3, -0.25) is 14.8 Å². The first kappa shape index (κ1) is 30.6. The van der Waals surface area contributed by atoms with Crippen LogP contribution in [0.2, 0.25) is 0 Å². The Kier molecular flexibility index (Phi) is 13.1. The number of hydrogen-bond donors (Lipinski definition) is 2. The largest absolute Gasteiger partial charge is 0.465 e. The van der Waals surface area contributed by atoms with Gasteiger partial charge >= 0.3 is 12.1 Å². The molecular weight excluding hydrogens is 496 g/mol. The molecule has 0 atom stereocenters. The van der Waals surface area contributed by atoms with Crippen LogP contribution in [0.15, 0.2) is 36.7 Å². The summed E-state index contributed by atoms with van der Waals surface area (Å²) >= 11 is 0. The minimum absolute atomic E-state index is 0.282. The molecule has 2 rings (SSSR count). The zero-order chi connectivity index (χ0) is 27.8. The summed E-state index contributed by atoms with van der Waals surface area (Å²) in [5.74, 6) is -0.762. The molecule has 38 heavy (non-hydrogen) atoms. The Morgan fingerprint density at radius 1 is 0.763 bits per heavy atom. The highest BCUT2D eigenvalue weighted by Gasteiger charge is 2.15. The average molecular weight is 533 g/mol. The fourth-order valence-corrected chi connectivity index (χ4v) is 2.95. The van der Waals surface area contributed by atoms with Gasteiger partial charge in [0.1, 0.15) is 5.60 Å². The first-order chi connectivity index (χ1) is 18.2. The minimum Gasteiger partial charge on any atom is -0.465 e. The second kappa shape index (κ2) is 16.3. The highest BCUT2D eigenvalue weighted by Crippen LogP contribution is 2.17. The molecule has 0 saturated carbocycles. The molecule has 0 bridgehead atoms. The van der Waals surface area contributed by atoms with E-state index in [1.165, 1.54) is 19.5 Å². The lowest BCUT2D eigenvalue weighted by atomic mass is 10.1. The van der Waals surface area contributed by atoms with Crippen molar-refractivity contribution >= 4 is 18.0 Å². The number of amides is 2. The summed E-state index contributed by atoms with van der Waals surface area (Å²) in [6, 6.07) is 6.29. The van der Waals surface area contributed by atoms with Gasteiger partial charge in [0.2, 0.25) is 0 Å². The van der Waals surface area contributed by atoms with Crippen LogP contribution in [0, 0.1) is 0 Å². The molecule has 2 amide bonds. The molecule has 2 aromatic rings. The van der Waals surface area contributed by atoms with E-state index in [1.54, 1.807) is 45.0 Å². The van der Waals surface area contributed by atoms with E-state index < -0.39 is 17.7 Å². The summed E-state index contributed by atoms with van der Waals surface area (Å²) in [4.78, 5) is 44.2. The lowest BCUT2D eigenvalue weighted by molar-refractivity contribution is 0.0145. The molecule has 0 spiro atoms. The topological polar surface area (TPSA) is 147 Å². The molecule has 0 radical (unpaired) electrons. The number of nitrogens with one attached hydrogen (secondary N) is 2. The standard InChI is InChI=1S/C26H36N4O8/c1-26(2,3)38-25(33)30-10-12-36-14-16-37-15-13-35-11-9-29-23(31)19-5-7-27-21(17-19)22-18-20(6-8-28-22)24(32)34-4/h5-8,17-18H,9-16H2,1-4H3,(H,29,31)(H,30,33). The zero-order valence-electron chi connectivity index (χ0n) is 22.3. The normalized spacial score (nSPS) is 11.1. The number of carbonyl (C=O) groups is 3. The first-order valence-corrected chi connectivity index (χ1v) is 12.2. The van der Waals surface area contributed by atoms with E-state index in [4.69, 9.17) is 23.7 Å². The van der Waals surface area contributed by atoms with Crippen molar-refractivity contribution in [3.63, 3.8) is 0 Å². The van der Waals surface area contributed by atoms with E-state index in [9.17, 15) is 14.4 Å². The van der Waals surface area contributed by atoms with Crippen molar-refractivity contribution in [2.75, 3.05) is 59.8 Å². The summed E-state index contributed by atoms with van der Waals surface area (Å²) in [5, 5.41) is 5.39. The zero-order valence-corrected chi connectivity index (χ0v) is 22.3. The van der Waals surface area contributed by atoms with E-state index in [0.717, 1.165) is 0 Å². The van der Waals surface area contributed by atoms with Gasteiger partial charge in [0.05, 0.1) is 63.7 Å². The Labute approximate surface area is 222 Å². The number of ether oxygens (including phenoxy) is 5. The molecule has 12 nitrogen and oxygen atoms in total. The summed E-state index contributed by atoms with van der Waals surface area (Å²) in [6.45, 7) is 8.30. The van der Waals surface area contributed by atoms with E-state index in [1.807, 2.05) is 0 Å². The maximum atomic E-state index is 12.5. The van der Waals surface area contributed by atoms with Crippen LogP contribution in [-0.2, 0) is 23.7 Å². The van der Waals surface area contributed by atoms with Gasteiger partial charge in [-0.05, 0) is 45.0 Å². The molecule has 2 heterocycles. The number of hydrogen-bond acceptors (Lipinski definition) is 10. The Balaban J connectivity index is 1.54. The quantitative estimate of drug-likeness (QED) is 0.258. The van der Waals surface area contributed by atoms with Crippen molar-refractivity contribution < 1.29 is 38.1 Å². The summed E-state index contributed by atoms with van der Waals surface area (Å²) in [7, 11) is 1.30. The minimum atomic E-state index is -0.531. The van der Waals surface area contributed by atoms with Crippen LogP contribution in [0.25, 0.3) is 11.4 Å². The van der Waals surface area contributed by atoms with E-state index in [2.05, 4.69) is 20.6 Å². The van der Waals surface area contributed by atoms with Gasteiger partial charge in [0.15, 0.2) is 0 Å². The highest BCUT2D eigenvalue weighted by molar-refractivity contribution is 5.95. The Morgan fingerprint density at radius 2 is 1.26 bits per heavy atom. The molecule has 0 saturated heterocycles. The number of esters is 1. The smallest absolute Gasteiger partial charge is 0.407 e. The van der Waals surface area contributed by atoms with Gasteiger partial charge in [-0.25, -0.2) is 9.59 Å². The Hall–Kier alpha value is -3.61. The Morgan fingerprint density at radius 3 is 1.82 bits per heavy atom. The van der Waals surface area contributed by atoms with Crippen LogP contribution < -0.4 is 10.6 Å². The van der Waals surface area contributed by atoms with Crippen molar-refractivity contribution in [2.45, 2.75) is 26.4 Å². The van der Waals surface area contributed by atoms with Crippen molar-refractivity contribution in [2.24, 2.45) is 0 Å². The number of alkyl carbamates (subject to hydrolysis) is 1. The predicted octanol–water partition coefficient (Wildman–Crippen LogP) is 2.23. The van der Waals surface area contributed by atoms with Gasteiger partial charge in [-0.1, -0.05) is 0 Å². The monoisotopic (exact) mass is 532 g/mol. The summed E-state index contributed by atoms with van der Waals surface area (Å²) < 4.78 is 26.1. The number of aromatic nitrogens is 2. The molecule has 0 unspecified atom stereocenters. The maximum Gasteiger partial charge on any atom is 0.407 e. The van der Waals surface area contributed by atoms with E-state index in [0.29, 0.717) is 75.2 Å². The van der Waals surface area contributed by atoms with Gasteiger partial charge in [-0.15, -0.1) is 0 Å². The first-order valence-electron chi connectivity index (χ1n) is 12.2. The average Bonchev–Trinajstić information content (AvgIpc) is 2.89. The van der Waals surface area contributed by atoms with Gasteiger partial charge in [0.25, 0.3) is 5.91 Å². The SMILES string of the molecule is COC(=O)c1ccnc(-c2cc(C(=O)NCCOCCOCCOCCNC(=O)OC(C)(C)C)ccn2)c1. The molecule has 0 aliphatic heterocycles. The molecule has 12 heteroatoms. The van der Waals surface area contributed by atoms with Crippen LogP contribution in [0.1, 0.15) is 41.5 Å². The molecule has 208 valence electrons. The maximum absolute atomic E-state index is 12.5. The van der Waals surface area contributed by atoms with Crippen molar-refractivity contribution in [3.8, 4) is 11.4 Å². The lowest BCUT2D eigenvalue weighted by Gasteiger charge is -2.19. The molecular formula is C26H36N4O8. The predicted molar refractivity (Wildman–Crippen MR) is 138 cm³/mol. The number of pyridine rings is 2. The highest BCUT2D eigenvalue weighted by atomic mass is 16.6. The third-order valence-corrected chi connectivity index (χ3v) is 4.66. The van der Waals surface area contributed by atoms with Gasteiger partial charge in [-0.2, -0.15) is 0 Å². The molecule has 0 aromatic carbocycles. The molecule has 2 N–H and O–H groups in total. The lowest BCUT2D eigenvalue weighted by Crippen LogP contribution is -2.34. The number of methoxy groups -OCH3 is 1. The molecule has 0 fully saturated rings. The number of rotatable bonds is 15. The van der Waals surface area contributed by atoms with Crippen molar-refractivity contribution in [1.29, 1.82) is 0 Å². The third kappa shape index (κ3) is 12.1. The van der Waals surface area contributed by atoms with Crippen LogP contribution >= 0.6 is 0 Å². The van der Waals surface area contributed by atoms with Crippen LogP contribution in [0.5, 0.6) is 0 Å². The summed E-state index contributed by atoms with van der Waals surface area (Å²) in [5.41, 5.74) is 1.13. The fraction of sp³-hybridized carbons (Fsp3) is 0.500. The number of carbonyl (C=O) groups excluding carboxylic acids is 3. The second-order valence-electron chi connectivity index (χ2n) is 8.87. The van der Waals surface area contributed by atoms with Crippen molar-refractivity contribution in [3.05, 3.63) is 47.8 Å². The third-order valence-electron chi connectivity index (χ3n) is 4.66. The fourth-order valence-electron chi connectivity index (χ4n) is 2.95. The van der Waals surface area contributed by atoms with Crippen LogP contribution in [0.4, 0.5) is 4.79 Å². The van der Waals surface area contributed by atoms with Crippen molar-refractivity contribution in [1.82, 2.24) is 20.6 Å². The second-order valence-corrected chi connectivity index (χ2v) is 8.87. The summed E-state index contributed by atoms with van der Waals surface area (Å²) in [6.07, 6.45) is 2.51. The number of nitrogens with zero attached hydrogens (tertiary/aromatic N) is 2. The van der Waals surface area contributed by atoms with Crippen LogP contribution in [-0.4, -0.2) is 93.4 Å². The van der Waals surface area contributed by atoms with E-state index in [-0.39, 0.29) is 5.91 Å². The van der Waals surface area contributed by atoms with E-state index >= 15 is 0 Å². The molecule has 2 aromatic heterocycles. The Bertz CT molecular complexity index is 1040. The molecule has 0 aliphatic rings. The van der Waals surface area contributed by atoms with Gasteiger partial charge < -0.3 is 34.3 Å². The van der Waals surface area contributed by atoms with Gasteiger partial charge in [0, 0.05) is 31.0 Å².